The van der Waals surface area contributed by atoms with Crippen LogP contribution in [0.5, 0.6) is 0 Å². The van der Waals surface area contributed by atoms with Crippen molar-refractivity contribution in [2.75, 3.05) is 26.2 Å². The van der Waals surface area contributed by atoms with Gasteiger partial charge in [0.1, 0.15) is 0 Å². The third-order valence-corrected chi connectivity index (χ3v) is 6.02. The van der Waals surface area contributed by atoms with Gasteiger partial charge < -0.3 is 4.52 Å². The lowest BCUT2D eigenvalue weighted by molar-refractivity contribution is -0.137. The Morgan fingerprint density at radius 2 is 1.93 bits per heavy atom. The van der Waals surface area contributed by atoms with E-state index >= 15 is 0 Å². The van der Waals surface area contributed by atoms with E-state index in [1.165, 1.54) is 10.9 Å². The van der Waals surface area contributed by atoms with Crippen LogP contribution in [0.1, 0.15) is 29.3 Å². The molecule has 0 aliphatic carbocycles. The van der Waals surface area contributed by atoms with Crippen molar-refractivity contribution in [1.82, 2.24) is 19.9 Å². The minimum absolute atomic E-state index is 0.0917. The van der Waals surface area contributed by atoms with Gasteiger partial charge in [-0.15, -0.1) is 11.3 Å². The predicted octanol–water partition coefficient (Wildman–Crippen LogP) is 4.70. The van der Waals surface area contributed by atoms with Crippen LogP contribution in [0.15, 0.2) is 46.3 Å². The molecule has 3 heterocycles. The number of alkyl halides is 3. The smallest absolute Gasteiger partial charge is 0.337 e. The summed E-state index contributed by atoms with van der Waals surface area (Å²) in [6.45, 7) is 6.56. The third kappa shape index (κ3) is 4.68. The molecule has 0 amide bonds. The Bertz CT molecular complexity index is 933. The summed E-state index contributed by atoms with van der Waals surface area (Å²) in [6.07, 6.45) is -4.40. The average Bonchev–Trinajstić information content (AvgIpc) is 3.40. The second-order valence-electron chi connectivity index (χ2n) is 7.10. The van der Waals surface area contributed by atoms with Crippen molar-refractivity contribution in [2.45, 2.75) is 25.7 Å². The molecule has 1 fully saturated rings. The van der Waals surface area contributed by atoms with E-state index in [0.717, 1.165) is 44.9 Å². The van der Waals surface area contributed by atoms with Crippen molar-refractivity contribution in [2.24, 2.45) is 0 Å². The maximum Gasteiger partial charge on any atom is 0.416 e. The van der Waals surface area contributed by atoms with Crippen LogP contribution in [0.25, 0.3) is 11.4 Å². The zero-order valence-electron chi connectivity index (χ0n) is 15.9. The summed E-state index contributed by atoms with van der Waals surface area (Å²) in [5.41, 5.74) is -0.431. The molecule has 29 heavy (non-hydrogen) atoms. The number of rotatable bonds is 5. The average molecular weight is 422 g/mol. The number of piperazine rings is 1. The van der Waals surface area contributed by atoms with Crippen molar-refractivity contribution in [3.8, 4) is 11.4 Å². The number of thiophene rings is 1. The molecule has 0 N–H and O–H groups in total. The summed E-state index contributed by atoms with van der Waals surface area (Å²) < 4.78 is 44.2. The highest BCUT2D eigenvalue weighted by Crippen LogP contribution is 2.32. The highest BCUT2D eigenvalue weighted by molar-refractivity contribution is 7.09. The van der Waals surface area contributed by atoms with E-state index in [-0.39, 0.29) is 11.9 Å². The summed E-state index contributed by atoms with van der Waals surface area (Å²) in [7, 11) is 0. The van der Waals surface area contributed by atoms with E-state index in [4.69, 9.17) is 4.52 Å². The quantitative estimate of drug-likeness (QED) is 0.597. The van der Waals surface area contributed by atoms with Crippen LogP contribution < -0.4 is 0 Å². The molecule has 9 heteroatoms. The van der Waals surface area contributed by atoms with Crippen LogP contribution in [0, 0.1) is 0 Å². The Balaban J connectivity index is 1.40. The van der Waals surface area contributed by atoms with Crippen LogP contribution in [0.3, 0.4) is 0 Å². The number of benzene rings is 1. The molecule has 2 aromatic heterocycles. The van der Waals surface area contributed by atoms with Gasteiger partial charge in [0.25, 0.3) is 0 Å². The zero-order valence-corrected chi connectivity index (χ0v) is 16.7. The number of halogens is 3. The lowest BCUT2D eigenvalue weighted by atomic mass is 10.1. The molecule has 5 nitrogen and oxygen atoms in total. The molecule has 0 radical (unpaired) electrons. The van der Waals surface area contributed by atoms with Gasteiger partial charge in [0.2, 0.25) is 11.7 Å². The van der Waals surface area contributed by atoms with Gasteiger partial charge in [-0.2, -0.15) is 18.2 Å². The van der Waals surface area contributed by atoms with E-state index in [0.29, 0.717) is 11.5 Å². The lowest BCUT2D eigenvalue weighted by Gasteiger charge is -2.36. The first-order chi connectivity index (χ1) is 13.9. The highest BCUT2D eigenvalue weighted by atomic mass is 32.1. The Hall–Kier alpha value is -2.23. The molecule has 0 spiro atoms. The van der Waals surface area contributed by atoms with Crippen molar-refractivity contribution in [1.29, 1.82) is 0 Å². The molecule has 1 aromatic carbocycles. The summed E-state index contributed by atoms with van der Waals surface area (Å²) in [5, 5.41) is 5.99. The molecular weight excluding hydrogens is 401 g/mol. The Morgan fingerprint density at radius 1 is 1.14 bits per heavy atom. The van der Waals surface area contributed by atoms with E-state index in [9.17, 15) is 13.2 Å². The molecule has 1 aliphatic heterocycles. The van der Waals surface area contributed by atoms with Crippen LogP contribution in [0.2, 0.25) is 0 Å². The van der Waals surface area contributed by atoms with Crippen LogP contribution in [-0.2, 0) is 12.7 Å². The van der Waals surface area contributed by atoms with Crippen molar-refractivity contribution >= 4 is 11.3 Å². The monoisotopic (exact) mass is 422 g/mol. The predicted molar refractivity (Wildman–Crippen MR) is 104 cm³/mol. The summed E-state index contributed by atoms with van der Waals surface area (Å²) in [5.74, 6) is 0.596. The molecule has 3 aromatic rings. The van der Waals surface area contributed by atoms with E-state index < -0.39 is 11.7 Å². The minimum Gasteiger partial charge on any atom is -0.337 e. The third-order valence-electron chi connectivity index (χ3n) is 5.16. The topological polar surface area (TPSA) is 45.4 Å². The van der Waals surface area contributed by atoms with Crippen LogP contribution in [-0.4, -0.2) is 46.1 Å². The Labute approximate surface area is 170 Å². The van der Waals surface area contributed by atoms with Gasteiger partial charge in [-0.1, -0.05) is 23.4 Å². The number of hydrogen-bond acceptors (Lipinski definition) is 6. The SMILES string of the molecule is CC(c1nc(-c2cccc(C(F)(F)F)c2)no1)N1CCN(Cc2cccs2)CC1. The minimum atomic E-state index is -4.40. The van der Waals surface area contributed by atoms with E-state index in [1.54, 1.807) is 17.4 Å². The van der Waals surface area contributed by atoms with E-state index in [2.05, 4.69) is 37.5 Å². The van der Waals surface area contributed by atoms with Gasteiger partial charge in [-0.3, -0.25) is 9.80 Å². The molecule has 154 valence electrons. The molecule has 4 rings (SSSR count). The second-order valence-corrected chi connectivity index (χ2v) is 8.13. The zero-order chi connectivity index (χ0) is 20.4. The molecule has 0 bridgehead atoms. The fourth-order valence-electron chi connectivity index (χ4n) is 3.44. The maximum atomic E-state index is 12.9. The first-order valence-corrected chi connectivity index (χ1v) is 10.3. The standard InChI is InChI=1S/C20H21F3N4OS/c1-14(27-9-7-26(8-10-27)13-17-6-3-11-29-17)19-24-18(25-28-19)15-4-2-5-16(12-15)20(21,22)23/h2-6,11-12,14H,7-10,13H2,1H3. The fraction of sp³-hybridized carbons (Fsp3) is 0.400. The molecule has 1 saturated heterocycles. The number of nitrogens with zero attached hydrogens (tertiary/aromatic N) is 4. The van der Waals surface area contributed by atoms with Crippen LogP contribution in [0.4, 0.5) is 13.2 Å². The first kappa shape index (κ1) is 20.1. The van der Waals surface area contributed by atoms with Gasteiger partial charge in [-0.25, -0.2) is 0 Å². The lowest BCUT2D eigenvalue weighted by Crippen LogP contribution is -2.46. The highest BCUT2D eigenvalue weighted by Gasteiger charge is 2.31. The van der Waals surface area contributed by atoms with Crippen LogP contribution >= 0.6 is 11.3 Å². The maximum absolute atomic E-state index is 12.9. The van der Waals surface area contributed by atoms with Gasteiger partial charge in [0, 0.05) is 43.2 Å². The molecule has 1 aliphatic rings. The molecule has 1 unspecified atom stereocenters. The van der Waals surface area contributed by atoms with Crippen molar-refractivity contribution < 1.29 is 17.7 Å². The van der Waals surface area contributed by atoms with Gasteiger partial charge in [-0.05, 0) is 30.5 Å². The molecular formula is C20H21F3N4OS. The van der Waals surface area contributed by atoms with E-state index in [1.807, 2.05) is 6.92 Å². The first-order valence-electron chi connectivity index (χ1n) is 9.40. The van der Waals surface area contributed by atoms with Crippen molar-refractivity contribution in [3.63, 3.8) is 0 Å². The largest absolute Gasteiger partial charge is 0.416 e. The molecule has 1 atom stereocenters. The summed E-state index contributed by atoms with van der Waals surface area (Å²) in [4.78, 5) is 10.4. The van der Waals surface area contributed by atoms with Crippen molar-refractivity contribution in [3.05, 3.63) is 58.1 Å². The number of aromatic nitrogens is 2. The summed E-state index contributed by atoms with van der Waals surface area (Å²) >= 11 is 1.76. The summed E-state index contributed by atoms with van der Waals surface area (Å²) in [6, 6.07) is 9.10. The second kappa shape index (κ2) is 8.25. The van der Waals surface area contributed by atoms with Gasteiger partial charge >= 0.3 is 6.18 Å². The van der Waals surface area contributed by atoms with Gasteiger partial charge in [0.15, 0.2) is 0 Å². The number of hydrogen-bond donors (Lipinski definition) is 0. The van der Waals surface area contributed by atoms with Gasteiger partial charge in [0.05, 0.1) is 11.6 Å². The Morgan fingerprint density at radius 3 is 2.62 bits per heavy atom. The normalized spacial score (nSPS) is 17.5. The fourth-order valence-corrected chi connectivity index (χ4v) is 4.19. The Kier molecular flexibility index (Phi) is 5.71. The molecule has 0 saturated carbocycles.